The molecule has 0 saturated carbocycles. The number of ether oxygens (including phenoxy) is 1. The van der Waals surface area contributed by atoms with Crippen molar-refractivity contribution in [3.8, 4) is 0 Å². The lowest BCUT2D eigenvalue weighted by Gasteiger charge is -2.17. The maximum Gasteiger partial charge on any atom is 0.407 e. The van der Waals surface area contributed by atoms with Crippen molar-refractivity contribution in [2.75, 3.05) is 20.2 Å². The number of hydrogen-bond acceptors (Lipinski definition) is 5. The summed E-state index contributed by atoms with van der Waals surface area (Å²) in [7, 11) is -2.26. The summed E-state index contributed by atoms with van der Waals surface area (Å²) in [6, 6.07) is 6.29. The van der Waals surface area contributed by atoms with E-state index in [9.17, 15) is 13.2 Å². The third-order valence-electron chi connectivity index (χ3n) is 3.46. The van der Waals surface area contributed by atoms with Crippen molar-refractivity contribution >= 4 is 16.1 Å². The van der Waals surface area contributed by atoms with Gasteiger partial charge in [0.2, 0.25) is 10.0 Å². The molecule has 1 unspecified atom stereocenters. The first-order chi connectivity index (χ1) is 9.97. The topological polar surface area (TPSA) is 102 Å². The Labute approximate surface area is 124 Å². The van der Waals surface area contributed by atoms with Crippen LogP contribution in [-0.2, 0) is 21.3 Å². The zero-order chi connectivity index (χ0) is 15.5. The van der Waals surface area contributed by atoms with Crippen molar-refractivity contribution in [3.63, 3.8) is 0 Å². The minimum absolute atomic E-state index is 0.226. The van der Waals surface area contributed by atoms with Crippen molar-refractivity contribution in [2.45, 2.75) is 23.9 Å². The molecule has 0 spiro atoms. The first-order valence-corrected chi connectivity index (χ1v) is 8.05. The van der Waals surface area contributed by atoms with E-state index in [1.807, 2.05) is 0 Å². The van der Waals surface area contributed by atoms with E-state index in [4.69, 9.17) is 5.73 Å². The number of methoxy groups -OCH3 is 1. The Morgan fingerprint density at radius 2 is 2.10 bits per heavy atom. The molecule has 1 fully saturated rings. The lowest BCUT2D eigenvalue weighted by Crippen LogP contribution is -2.38. The van der Waals surface area contributed by atoms with Gasteiger partial charge in [0, 0.05) is 25.7 Å². The predicted octanol–water partition coefficient (Wildman–Crippen LogP) is 0.264. The van der Waals surface area contributed by atoms with Gasteiger partial charge in [-0.25, -0.2) is 13.2 Å². The third kappa shape index (κ3) is 3.52. The number of hydrogen-bond donors (Lipinski definition) is 2. The number of alkyl carbamates (subject to hydrolysis) is 1. The van der Waals surface area contributed by atoms with Crippen LogP contribution in [-0.4, -0.2) is 45.1 Å². The normalized spacial score (nSPS) is 19.4. The van der Waals surface area contributed by atoms with Gasteiger partial charge in [0.1, 0.15) is 0 Å². The summed E-state index contributed by atoms with van der Waals surface area (Å²) in [5.41, 5.74) is 6.37. The Morgan fingerprint density at radius 1 is 1.43 bits per heavy atom. The predicted molar refractivity (Wildman–Crippen MR) is 77.0 cm³/mol. The van der Waals surface area contributed by atoms with Crippen molar-refractivity contribution in [1.82, 2.24) is 9.62 Å². The number of rotatable bonds is 4. The lowest BCUT2D eigenvalue weighted by molar-refractivity contribution is 0.167. The molecule has 7 nitrogen and oxygen atoms in total. The molecule has 1 aliphatic rings. The van der Waals surface area contributed by atoms with Crippen LogP contribution in [0.5, 0.6) is 0 Å². The van der Waals surface area contributed by atoms with E-state index in [0.717, 1.165) is 5.56 Å². The van der Waals surface area contributed by atoms with E-state index < -0.39 is 16.1 Å². The fourth-order valence-electron chi connectivity index (χ4n) is 2.24. The highest BCUT2D eigenvalue weighted by atomic mass is 32.2. The molecular weight excluding hydrogens is 294 g/mol. The van der Waals surface area contributed by atoms with Crippen LogP contribution in [0.15, 0.2) is 29.2 Å². The smallest absolute Gasteiger partial charge is 0.407 e. The van der Waals surface area contributed by atoms with Gasteiger partial charge in [0.05, 0.1) is 12.0 Å². The molecule has 21 heavy (non-hydrogen) atoms. The Morgan fingerprint density at radius 3 is 2.67 bits per heavy atom. The second-order valence-corrected chi connectivity index (χ2v) is 6.77. The van der Waals surface area contributed by atoms with Gasteiger partial charge in [-0.3, -0.25) is 0 Å². The Bertz CT molecular complexity index is 600. The number of sulfonamides is 1. The fraction of sp³-hybridized carbons (Fsp3) is 0.462. The number of nitrogens with zero attached hydrogens (tertiary/aromatic N) is 1. The first kappa shape index (κ1) is 15.7. The highest BCUT2D eigenvalue weighted by Crippen LogP contribution is 2.21. The van der Waals surface area contributed by atoms with E-state index in [1.54, 1.807) is 24.3 Å². The number of amides is 1. The number of nitrogens with one attached hydrogen (secondary N) is 1. The third-order valence-corrected chi connectivity index (χ3v) is 5.33. The highest BCUT2D eigenvalue weighted by Gasteiger charge is 2.33. The number of carbonyl (C=O) groups is 1. The number of carbonyl (C=O) groups excluding carboxylic acids is 1. The molecule has 1 amide bonds. The molecule has 1 atom stereocenters. The van der Waals surface area contributed by atoms with Crippen LogP contribution < -0.4 is 11.1 Å². The molecule has 1 saturated heterocycles. The zero-order valence-corrected chi connectivity index (χ0v) is 12.6. The highest BCUT2D eigenvalue weighted by molar-refractivity contribution is 7.89. The van der Waals surface area contributed by atoms with E-state index in [1.165, 1.54) is 11.4 Å². The molecule has 0 aromatic heterocycles. The largest absolute Gasteiger partial charge is 0.453 e. The van der Waals surface area contributed by atoms with Crippen molar-refractivity contribution in [1.29, 1.82) is 0 Å². The summed E-state index contributed by atoms with van der Waals surface area (Å²) >= 11 is 0. The Kier molecular flexibility index (Phi) is 4.81. The van der Waals surface area contributed by atoms with E-state index in [2.05, 4.69) is 10.1 Å². The summed E-state index contributed by atoms with van der Waals surface area (Å²) in [4.78, 5) is 11.4. The average molecular weight is 313 g/mol. The monoisotopic (exact) mass is 313 g/mol. The van der Waals surface area contributed by atoms with E-state index in [0.29, 0.717) is 19.5 Å². The van der Waals surface area contributed by atoms with Crippen molar-refractivity contribution < 1.29 is 17.9 Å². The number of nitrogens with two attached hydrogens (primary N) is 1. The van der Waals surface area contributed by atoms with E-state index in [-0.39, 0.29) is 17.5 Å². The average Bonchev–Trinajstić information content (AvgIpc) is 2.96. The summed E-state index contributed by atoms with van der Waals surface area (Å²) in [5, 5.41) is 2.62. The van der Waals surface area contributed by atoms with Gasteiger partial charge in [-0.15, -0.1) is 0 Å². The molecule has 8 heteroatoms. The molecular formula is C13H19N3O4S. The second kappa shape index (κ2) is 6.42. The number of benzene rings is 1. The van der Waals surface area contributed by atoms with Gasteiger partial charge in [-0.2, -0.15) is 4.31 Å². The maximum atomic E-state index is 12.5. The molecule has 0 radical (unpaired) electrons. The van der Waals surface area contributed by atoms with Crippen LogP contribution in [0.3, 0.4) is 0 Å². The van der Waals surface area contributed by atoms with Crippen LogP contribution in [0.4, 0.5) is 4.79 Å². The molecule has 1 aromatic rings. The molecule has 0 bridgehead atoms. The standard InChI is InChI=1S/C13H19N3O4S/c1-20-13(17)15-11-6-7-16(9-11)21(18,19)12-4-2-10(8-14)3-5-12/h2-5,11H,6-9,14H2,1H3,(H,15,17). The Balaban J connectivity index is 2.08. The van der Waals surface area contributed by atoms with Crippen LogP contribution >= 0.6 is 0 Å². The minimum Gasteiger partial charge on any atom is -0.453 e. The van der Waals surface area contributed by atoms with Gasteiger partial charge in [-0.1, -0.05) is 12.1 Å². The van der Waals surface area contributed by atoms with Gasteiger partial charge in [0.25, 0.3) is 0 Å². The molecule has 0 aliphatic carbocycles. The van der Waals surface area contributed by atoms with Gasteiger partial charge in [-0.05, 0) is 24.1 Å². The zero-order valence-electron chi connectivity index (χ0n) is 11.8. The summed E-state index contributed by atoms with van der Waals surface area (Å²) in [6.07, 6.45) is 0.0152. The molecule has 3 N–H and O–H groups in total. The van der Waals surface area contributed by atoms with Crippen LogP contribution in [0.25, 0.3) is 0 Å². The SMILES string of the molecule is COC(=O)NC1CCN(S(=O)(=O)c2ccc(CN)cc2)C1. The first-order valence-electron chi connectivity index (χ1n) is 6.61. The second-order valence-electron chi connectivity index (χ2n) is 4.83. The fourth-order valence-corrected chi connectivity index (χ4v) is 3.74. The van der Waals surface area contributed by atoms with Crippen molar-refractivity contribution in [3.05, 3.63) is 29.8 Å². The summed E-state index contributed by atoms with van der Waals surface area (Å²) in [5.74, 6) is 0. The van der Waals surface area contributed by atoms with E-state index >= 15 is 0 Å². The van der Waals surface area contributed by atoms with Crippen LogP contribution in [0.2, 0.25) is 0 Å². The van der Waals surface area contributed by atoms with Crippen LogP contribution in [0.1, 0.15) is 12.0 Å². The molecule has 1 heterocycles. The van der Waals surface area contributed by atoms with Crippen LogP contribution in [0, 0.1) is 0 Å². The van der Waals surface area contributed by atoms with Gasteiger partial charge in [0.15, 0.2) is 0 Å². The molecule has 1 aliphatic heterocycles. The minimum atomic E-state index is -3.54. The van der Waals surface area contributed by atoms with Crippen molar-refractivity contribution in [2.24, 2.45) is 5.73 Å². The summed E-state index contributed by atoms with van der Waals surface area (Å²) < 4.78 is 30.9. The Hall–Kier alpha value is -1.64. The quantitative estimate of drug-likeness (QED) is 0.830. The molecule has 2 rings (SSSR count). The van der Waals surface area contributed by atoms with Gasteiger partial charge >= 0.3 is 6.09 Å². The lowest BCUT2D eigenvalue weighted by atomic mass is 10.2. The molecule has 1 aromatic carbocycles. The van der Waals surface area contributed by atoms with Gasteiger partial charge < -0.3 is 15.8 Å². The maximum absolute atomic E-state index is 12.5. The summed E-state index contributed by atoms with van der Waals surface area (Å²) in [6.45, 7) is 0.987. The molecule has 116 valence electrons.